The minimum absolute atomic E-state index is 0.150. The molecule has 1 fully saturated rings. The van der Waals surface area contributed by atoms with Crippen molar-refractivity contribution in [3.8, 4) is 0 Å². The Balaban J connectivity index is 2.60. The lowest BCUT2D eigenvalue weighted by Crippen LogP contribution is -2.28. The smallest absolute Gasteiger partial charge is 0.313 e. The molecule has 0 aromatic rings. The molecule has 0 aromatic heterocycles. The van der Waals surface area contributed by atoms with Gasteiger partial charge in [-0.05, 0) is 12.3 Å². The molecule has 3 heteroatoms. The summed E-state index contributed by atoms with van der Waals surface area (Å²) in [6.45, 7) is 2.44. The fraction of sp³-hybridized carbons (Fsp3) is 0.857. The average molecular weight is 143 g/mol. The third-order valence-corrected chi connectivity index (χ3v) is 2.41. The summed E-state index contributed by atoms with van der Waals surface area (Å²) in [5.74, 6) is 0.257. The van der Waals surface area contributed by atoms with Crippen LogP contribution in [0.1, 0.15) is 13.3 Å². The molecule has 0 saturated heterocycles. The Labute approximate surface area is 60.5 Å². The molecule has 2 atom stereocenters. The van der Waals surface area contributed by atoms with Crippen molar-refractivity contribution in [2.75, 3.05) is 13.7 Å². The highest BCUT2D eigenvalue weighted by Crippen LogP contribution is 2.51. The van der Waals surface area contributed by atoms with Gasteiger partial charge in [-0.2, -0.15) is 0 Å². The predicted octanol–water partition coefficient (Wildman–Crippen LogP) is 0.144. The van der Waals surface area contributed by atoms with Crippen LogP contribution in [0, 0.1) is 11.3 Å². The monoisotopic (exact) mass is 143 g/mol. The molecule has 1 rings (SSSR count). The van der Waals surface area contributed by atoms with Crippen LogP contribution in [0.5, 0.6) is 0 Å². The van der Waals surface area contributed by atoms with Gasteiger partial charge < -0.3 is 10.5 Å². The van der Waals surface area contributed by atoms with Crippen molar-refractivity contribution in [3.63, 3.8) is 0 Å². The SMILES string of the molecule is COC(=O)C1(CN)CC1C. The Hall–Kier alpha value is -0.570. The summed E-state index contributed by atoms with van der Waals surface area (Å²) in [4.78, 5) is 11.0. The van der Waals surface area contributed by atoms with Crippen LogP contribution in [0.3, 0.4) is 0 Å². The third-order valence-electron chi connectivity index (χ3n) is 2.41. The Morgan fingerprint density at radius 3 is 2.50 bits per heavy atom. The van der Waals surface area contributed by atoms with Crippen molar-refractivity contribution in [2.45, 2.75) is 13.3 Å². The van der Waals surface area contributed by atoms with Gasteiger partial charge in [0, 0.05) is 6.54 Å². The molecule has 0 heterocycles. The number of esters is 1. The fourth-order valence-electron chi connectivity index (χ4n) is 1.34. The molecule has 0 bridgehead atoms. The van der Waals surface area contributed by atoms with Gasteiger partial charge in [0.15, 0.2) is 0 Å². The second kappa shape index (κ2) is 2.23. The quantitative estimate of drug-likeness (QED) is 0.559. The molecule has 0 radical (unpaired) electrons. The van der Waals surface area contributed by atoms with Crippen LogP contribution in [0.4, 0.5) is 0 Å². The highest BCUT2D eigenvalue weighted by Gasteiger charge is 2.57. The molecule has 1 saturated carbocycles. The topological polar surface area (TPSA) is 52.3 Å². The molecule has 2 unspecified atom stereocenters. The minimum Gasteiger partial charge on any atom is -0.469 e. The van der Waals surface area contributed by atoms with Gasteiger partial charge in [-0.25, -0.2) is 0 Å². The Morgan fingerprint density at radius 2 is 2.40 bits per heavy atom. The molecule has 10 heavy (non-hydrogen) atoms. The molecule has 1 aliphatic rings. The van der Waals surface area contributed by atoms with Gasteiger partial charge in [-0.3, -0.25) is 4.79 Å². The maximum absolute atomic E-state index is 11.0. The maximum atomic E-state index is 11.0. The van der Waals surface area contributed by atoms with Gasteiger partial charge in [-0.15, -0.1) is 0 Å². The molecule has 0 aromatic carbocycles. The molecule has 58 valence electrons. The number of hydrogen-bond donors (Lipinski definition) is 1. The van der Waals surface area contributed by atoms with E-state index in [2.05, 4.69) is 4.74 Å². The average Bonchev–Trinajstić information content (AvgIpc) is 2.61. The first-order valence-corrected chi connectivity index (χ1v) is 3.46. The Morgan fingerprint density at radius 1 is 1.90 bits per heavy atom. The summed E-state index contributed by atoms with van der Waals surface area (Å²) in [7, 11) is 1.41. The van der Waals surface area contributed by atoms with E-state index >= 15 is 0 Å². The van der Waals surface area contributed by atoms with Crippen LogP contribution in [0.2, 0.25) is 0 Å². The predicted molar refractivity (Wildman–Crippen MR) is 37.3 cm³/mol. The number of nitrogens with two attached hydrogens (primary N) is 1. The molecule has 0 aliphatic heterocycles. The zero-order valence-corrected chi connectivity index (χ0v) is 6.39. The Kier molecular flexibility index (Phi) is 1.68. The zero-order chi connectivity index (χ0) is 7.78. The van der Waals surface area contributed by atoms with E-state index in [-0.39, 0.29) is 11.4 Å². The fourth-order valence-corrected chi connectivity index (χ4v) is 1.34. The van der Waals surface area contributed by atoms with Crippen LogP contribution < -0.4 is 5.73 Å². The van der Waals surface area contributed by atoms with Crippen LogP contribution in [-0.2, 0) is 9.53 Å². The molecule has 0 amide bonds. The summed E-state index contributed by atoms with van der Waals surface area (Å²) in [6.07, 6.45) is 0.885. The van der Waals surface area contributed by atoms with Gasteiger partial charge in [0.25, 0.3) is 0 Å². The second-order valence-electron chi connectivity index (χ2n) is 2.96. The largest absolute Gasteiger partial charge is 0.469 e. The van der Waals surface area contributed by atoms with E-state index in [1.54, 1.807) is 0 Å². The summed E-state index contributed by atoms with van der Waals surface area (Å²) in [5.41, 5.74) is 5.11. The van der Waals surface area contributed by atoms with Crippen molar-refractivity contribution in [1.29, 1.82) is 0 Å². The van der Waals surface area contributed by atoms with Crippen molar-refractivity contribution < 1.29 is 9.53 Å². The molecule has 3 nitrogen and oxygen atoms in total. The standard InChI is InChI=1S/C7H13NO2/c1-5-3-7(5,4-8)6(9)10-2/h5H,3-4,8H2,1-2H3. The first-order chi connectivity index (χ1) is 4.67. The summed E-state index contributed by atoms with van der Waals surface area (Å²) in [6, 6.07) is 0. The van der Waals surface area contributed by atoms with E-state index in [0.717, 1.165) is 6.42 Å². The number of ether oxygens (including phenoxy) is 1. The van der Waals surface area contributed by atoms with Crippen LogP contribution in [0.15, 0.2) is 0 Å². The lowest BCUT2D eigenvalue weighted by molar-refractivity contribution is -0.147. The normalized spacial score (nSPS) is 37.3. The summed E-state index contributed by atoms with van der Waals surface area (Å²) in [5, 5.41) is 0. The minimum atomic E-state index is -0.325. The maximum Gasteiger partial charge on any atom is 0.313 e. The summed E-state index contributed by atoms with van der Waals surface area (Å²) >= 11 is 0. The molecule has 1 aliphatic carbocycles. The number of rotatable bonds is 2. The van der Waals surface area contributed by atoms with E-state index in [4.69, 9.17) is 5.73 Å². The number of carbonyl (C=O) groups is 1. The van der Waals surface area contributed by atoms with Gasteiger partial charge in [0.1, 0.15) is 0 Å². The molecule has 2 N–H and O–H groups in total. The molecule has 0 spiro atoms. The number of hydrogen-bond acceptors (Lipinski definition) is 3. The van der Waals surface area contributed by atoms with Crippen LogP contribution in [-0.4, -0.2) is 19.6 Å². The van der Waals surface area contributed by atoms with E-state index < -0.39 is 0 Å². The van der Waals surface area contributed by atoms with E-state index in [9.17, 15) is 4.79 Å². The van der Waals surface area contributed by atoms with Crippen molar-refractivity contribution in [3.05, 3.63) is 0 Å². The van der Waals surface area contributed by atoms with E-state index in [0.29, 0.717) is 12.5 Å². The molecular weight excluding hydrogens is 130 g/mol. The van der Waals surface area contributed by atoms with Gasteiger partial charge >= 0.3 is 5.97 Å². The van der Waals surface area contributed by atoms with E-state index in [1.807, 2.05) is 6.92 Å². The van der Waals surface area contributed by atoms with Crippen LogP contribution >= 0.6 is 0 Å². The number of methoxy groups -OCH3 is 1. The van der Waals surface area contributed by atoms with Crippen LogP contribution in [0.25, 0.3) is 0 Å². The number of carbonyl (C=O) groups excluding carboxylic acids is 1. The second-order valence-corrected chi connectivity index (χ2v) is 2.96. The van der Waals surface area contributed by atoms with Crippen molar-refractivity contribution in [1.82, 2.24) is 0 Å². The van der Waals surface area contributed by atoms with Crippen molar-refractivity contribution >= 4 is 5.97 Å². The Bertz CT molecular complexity index is 154. The third kappa shape index (κ3) is 0.814. The van der Waals surface area contributed by atoms with Gasteiger partial charge in [0.2, 0.25) is 0 Å². The summed E-state index contributed by atoms with van der Waals surface area (Å²) < 4.78 is 4.62. The molecular formula is C7H13NO2. The van der Waals surface area contributed by atoms with E-state index in [1.165, 1.54) is 7.11 Å². The lowest BCUT2D eigenvalue weighted by Gasteiger charge is -2.09. The zero-order valence-electron chi connectivity index (χ0n) is 6.39. The highest BCUT2D eigenvalue weighted by atomic mass is 16.5. The van der Waals surface area contributed by atoms with Gasteiger partial charge in [-0.1, -0.05) is 6.92 Å². The lowest BCUT2D eigenvalue weighted by atomic mass is 10.1. The van der Waals surface area contributed by atoms with Crippen molar-refractivity contribution in [2.24, 2.45) is 17.1 Å². The highest BCUT2D eigenvalue weighted by molar-refractivity contribution is 5.80. The van der Waals surface area contributed by atoms with Gasteiger partial charge in [0.05, 0.1) is 12.5 Å². The first-order valence-electron chi connectivity index (χ1n) is 3.46. The first kappa shape index (κ1) is 7.54.